The molecule has 1 atom stereocenters. The van der Waals surface area contributed by atoms with Crippen LogP contribution in [0, 0.1) is 12.8 Å². The first-order valence-electron chi connectivity index (χ1n) is 8.17. The molecular weight excluding hydrogens is 304 g/mol. The number of rotatable bonds is 4. The molecule has 3 rings (SSSR count). The molecule has 0 radical (unpaired) electrons. The van der Waals surface area contributed by atoms with E-state index < -0.39 is 0 Å². The van der Waals surface area contributed by atoms with Gasteiger partial charge in [-0.05, 0) is 32.9 Å². The molecule has 0 bridgehead atoms. The number of amides is 2. The van der Waals surface area contributed by atoms with E-state index in [9.17, 15) is 9.59 Å². The van der Waals surface area contributed by atoms with Gasteiger partial charge in [0, 0.05) is 30.8 Å². The Morgan fingerprint density at radius 1 is 1.25 bits per heavy atom. The van der Waals surface area contributed by atoms with Gasteiger partial charge in [0.15, 0.2) is 0 Å². The number of hydrogen-bond acceptors (Lipinski definition) is 3. The van der Waals surface area contributed by atoms with Crippen LogP contribution < -0.4 is 10.2 Å². The predicted molar refractivity (Wildman–Crippen MR) is 92.9 cm³/mol. The second-order valence-corrected chi connectivity index (χ2v) is 6.48. The molecular formula is C18H22N4O2. The molecule has 126 valence electrons. The lowest BCUT2D eigenvalue weighted by atomic mass is 10.1. The summed E-state index contributed by atoms with van der Waals surface area (Å²) in [5.74, 6) is 0.155. The van der Waals surface area contributed by atoms with Gasteiger partial charge < -0.3 is 10.2 Å². The number of aryl methyl sites for hydroxylation is 1. The molecule has 6 nitrogen and oxygen atoms in total. The Labute approximate surface area is 141 Å². The largest absolute Gasteiger partial charge is 0.312 e. The van der Waals surface area contributed by atoms with E-state index in [0.29, 0.717) is 12.4 Å². The quantitative estimate of drug-likeness (QED) is 0.939. The number of anilines is 2. The van der Waals surface area contributed by atoms with Crippen molar-refractivity contribution in [3.8, 4) is 0 Å². The van der Waals surface area contributed by atoms with Gasteiger partial charge in [0.05, 0.1) is 12.1 Å². The van der Waals surface area contributed by atoms with Crippen molar-refractivity contribution in [3.05, 3.63) is 42.1 Å². The Bertz CT molecular complexity index is 749. The molecule has 1 aliphatic heterocycles. The topological polar surface area (TPSA) is 67.2 Å². The highest BCUT2D eigenvalue weighted by molar-refractivity contribution is 6.03. The lowest BCUT2D eigenvalue weighted by Crippen LogP contribution is -2.28. The molecule has 0 spiro atoms. The average Bonchev–Trinajstić information content (AvgIpc) is 3.15. The maximum absolute atomic E-state index is 12.5. The second-order valence-electron chi connectivity index (χ2n) is 6.48. The van der Waals surface area contributed by atoms with Crippen LogP contribution in [0.2, 0.25) is 0 Å². The van der Waals surface area contributed by atoms with Gasteiger partial charge >= 0.3 is 0 Å². The third kappa shape index (κ3) is 3.18. The summed E-state index contributed by atoms with van der Waals surface area (Å²) in [6, 6.07) is 9.70. The Balaban J connectivity index is 1.70. The number of carbonyl (C=O) groups excluding carboxylic acids is 2. The van der Waals surface area contributed by atoms with Gasteiger partial charge in [-0.3, -0.25) is 9.59 Å². The van der Waals surface area contributed by atoms with Crippen molar-refractivity contribution >= 4 is 23.3 Å². The highest BCUT2D eigenvalue weighted by Gasteiger charge is 2.35. The maximum Gasteiger partial charge on any atom is 0.230 e. The third-order valence-corrected chi connectivity index (χ3v) is 4.25. The van der Waals surface area contributed by atoms with Gasteiger partial charge in [0.2, 0.25) is 11.8 Å². The molecule has 1 aromatic heterocycles. The van der Waals surface area contributed by atoms with Crippen molar-refractivity contribution in [3.63, 3.8) is 0 Å². The van der Waals surface area contributed by atoms with Crippen molar-refractivity contribution in [1.29, 1.82) is 0 Å². The van der Waals surface area contributed by atoms with E-state index in [-0.39, 0.29) is 30.2 Å². The first-order valence-corrected chi connectivity index (χ1v) is 8.17. The summed E-state index contributed by atoms with van der Waals surface area (Å²) in [4.78, 5) is 26.5. The summed E-state index contributed by atoms with van der Waals surface area (Å²) in [5, 5.41) is 7.10. The molecule has 1 saturated heterocycles. The lowest BCUT2D eigenvalue weighted by molar-refractivity contribution is -0.122. The first-order chi connectivity index (χ1) is 11.5. The molecule has 2 heterocycles. The van der Waals surface area contributed by atoms with E-state index in [2.05, 4.69) is 10.4 Å². The number of nitrogens with one attached hydrogen (secondary N) is 1. The summed E-state index contributed by atoms with van der Waals surface area (Å²) in [7, 11) is 0. The molecule has 0 saturated carbocycles. The summed E-state index contributed by atoms with van der Waals surface area (Å²) in [6.07, 6.45) is 1.89. The van der Waals surface area contributed by atoms with Gasteiger partial charge in [-0.2, -0.15) is 5.10 Å². The number of nitrogens with zero attached hydrogens (tertiary/aromatic N) is 3. The zero-order valence-electron chi connectivity index (χ0n) is 14.2. The third-order valence-electron chi connectivity index (χ3n) is 4.25. The van der Waals surface area contributed by atoms with Crippen LogP contribution in [0.4, 0.5) is 11.5 Å². The second kappa shape index (κ2) is 6.47. The van der Waals surface area contributed by atoms with Crippen molar-refractivity contribution in [1.82, 2.24) is 9.78 Å². The van der Waals surface area contributed by atoms with Crippen LogP contribution in [0.25, 0.3) is 0 Å². The van der Waals surface area contributed by atoms with Gasteiger partial charge in [-0.25, -0.2) is 4.68 Å². The van der Waals surface area contributed by atoms with Gasteiger partial charge in [-0.15, -0.1) is 0 Å². The SMILES string of the molecule is Cc1ccc(N2CC(C(=O)Nc3ccnn3C(C)C)CC2=O)cc1. The lowest BCUT2D eigenvalue weighted by Gasteiger charge is -2.17. The molecule has 2 aromatic rings. The first kappa shape index (κ1) is 16.2. The zero-order chi connectivity index (χ0) is 17.3. The van der Waals surface area contributed by atoms with Crippen LogP contribution in [0.15, 0.2) is 36.5 Å². The summed E-state index contributed by atoms with van der Waals surface area (Å²) in [5.41, 5.74) is 1.98. The zero-order valence-corrected chi connectivity index (χ0v) is 14.2. The van der Waals surface area contributed by atoms with Gasteiger partial charge in [0.25, 0.3) is 0 Å². The van der Waals surface area contributed by atoms with Crippen LogP contribution >= 0.6 is 0 Å². The molecule has 0 aliphatic carbocycles. The number of hydrogen-bond donors (Lipinski definition) is 1. The van der Waals surface area contributed by atoms with E-state index >= 15 is 0 Å². The summed E-state index contributed by atoms with van der Waals surface area (Å²) in [6.45, 7) is 6.41. The standard InChI is InChI=1S/C18H22N4O2/c1-12(2)22-16(8-9-19-22)20-18(24)14-10-17(23)21(11-14)15-6-4-13(3)5-7-15/h4-9,12,14H,10-11H2,1-3H3,(H,20,24). The average molecular weight is 326 g/mol. The Hall–Kier alpha value is -2.63. The van der Waals surface area contributed by atoms with Crippen molar-refractivity contribution in [2.45, 2.75) is 33.2 Å². The number of carbonyl (C=O) groups is 2. The van der Waals surface area contributed by atoms with E-state index in [4.69, 9.17) is 0 Å². The highest BCUT2D eigenvalue weighted by Crippen LogP contribution is 2.26. The molecule has 24 heavy (non-hydrogen) atoms. The van der Waals surface area contributed by atoms with E-state index in [0.717, 1.165) is 11.3 Å². The van der Waals surface area contributed by atoms with E-state index in [1.807, 2.05) is 45.0 Å². The summed E-state index contributed by atoms with van der Waals surface area (Å²) >= 11 is 0. The maximum atomic E-state index is 12.5. The monoisotopic (exact) mass is 326 g/mol. The Kier molecular flexibility index (Phi) is 4.38. The van der Waals surface area contributed by atoms with Crippen LogP contribution in [0.1, 0.15) is 31.9 Å². The molecule has 1 unspecified atom stereocenters. The summed E-state index contributed by atoms with van der Waals surface area (Å²) < 4.78 is 1.76. The number of aromatic nitrogens is 2. The minimum Gasteiger partial charge on any atom is -0.312 e. The van der Waals surface area contributed by atoms with Crippen molar-refractivity contribution in [2.24, 2.45) is 5.92 Å². The molecule has 1 fully saturated rings. The van der Waals surface area contributed by atoms with E-state index in [1.165, 1.54) is 0 Å². The van der Waals surface area contributed by atoms with Crippen LogP contribution in [-0.2, 0) is 9.59 Å². The minimum absolute atomic E-state index is 0.0172. The van der Waals surface area contributed by atoms with Crippen LogP contribution in [0.3, 0.4) is 0 Å². The van der Waals surface area contributed by atoms with Gasteiger partial charge in [0.1, 0.15) is 5.82 Å². The fourth-order valence-corrected chi connectivity index (χ4v) is 2.91. The molecule has 1 aromatic carbocycles. The Morgan fingerprint density at radius 3 is 2.62 bits per heavy atom. The Morgan fingerprint density at radius 2 is 1.96 bits per heavy atom. The fraction of sp³-hybridized carbons (Fsp3) is 0.389. The molecule has 6 heteroatoms. The highest BCUT2D eigenvalue weighted by atomic mass is 16.2. The smallest absolute Gasteiger partial charge is 0.230 e. The van der Waals surface area contributed by atoms with Crippen molar-refractivity contribution in [2.75, 3.05) is 16.8 Å². The van der Waals surface area contributed by atoms with Crippen LogP contribution in [0.5, 0.6) is 0 Å². The van der Waals surface area contributed by atoms with E-state index in [1.54, 1.807) is 21.8 Å². The van der Waals surface area contributed by atoms with Crippen molar-refractivity contribution < 1.29 is 9.59 Å². The minimum atomic E-state index is -0.352. The fourth-order valence-electron chi connectivity index (χ4n) is 2.91. The van der Waals surface area contributed by atoms with Crippen LogP contribution in [-0.4, -0.2) is 28.1 Å². The molecule has 1 aliphatic rings. The van der Waals surface area contributed by atoms with Gasteiger partial charge in [-0.1, -0.05) is 17.7 Å². The normalized spacial score (nSPS) is 17.6. The molecule has 2 amide bonds. The predicted octanol–water partition coefficient (Wildman–Crippen LogP) is 2.76. The molecule has 1 N–H and O–H groups in total. The number of benzene rings is 1.